The topological polar surface area (TPSA) is 18.8 Å². The summed E-state index contributed by atoms with van der Waals surface area (Å²) in [6.07, 6.45) is 0. The molecular weight excluding hydrogens is 4360 g/mol. The second-order valence-corrected chi connectivity index (χ2v) is 441. The summed E-state index contributed by atoms with van der Waals surface area (Å²) in [5.74, 6) is 1.59. The maximum absolute atomic E-state index is 6.53. The third-order valence-electron chi connectivity index (χ3n) is 8.51. The monoisotopic (exact) mass is 4380 g/mol. The summed E-state index contributed by atoms with van der Waals surface area (Å²) in [6.45, 7) is 18.8. The Bertz CT molecular complexity index is 1510. The number of amidine groups is 1. The van der Waals surface area contributed by atoms with Gasteiger partial charge in [0.2, 0.25) is 0 Å². The van der Waals surface area contributed by atoms with Crippen molar-refractivity contribution in [2.45, 2.75) is 73.7 Å². The molecule has 3 atom stereocenters. The van der Waals surface area contributed by atoms with E-state index in [1.807, 2.05) is 0 Å². The van der Waals surface area contributed by atoms with Crippen LogP contribution in [0.1, 0.15) is 59.6 Å². The van der Waals surface area contributed by atoms with Gasteiger partial charge in [0.05, 0.1) is 0 Å². The van der Waals surface area contributed by atoms with E-state index in [0.717, 1.165) is 0 Å². The minimum atomic E-state index is -1.68. The molecule has 3 unspecified atom stereocenters. The van der Waals surface area contributed by atoms with Crippen LogP contribution in [0, 0.1) is 0 Å². The molecule has 354 valence electrons. The zero-order valence-corrected chi connectivity index (χ0v) is 96.9. The molecule has 0 spiro atoms. The summed E-state index contributed by atoms with van der Waals surface area (Å²) < 4.78 is 1.49. The van der Waals surface area contributed by atoms with Crippen LogP contribution >= 0.6 is 415 Å². The molecule has 0 amide bonds. The maximum atomic E-state index is 6.53. The summed E-state index contributed by atoms with van der Waals surface area (Å²) in [4.78, 5) is 14.0. The zero-order chi connectivity index (χ0) is 43.3. The third kappa shape index (κ3) is 15.0. The van der Waals surface area contributed by atoms with Crippen molar-refractivity contribution in [1.82, 2.24) is 9.80 Å². The fourth-order valence-electron chi connectivity index (χ4n) is 5.81. The van der Waals surface area contributed by atoms with Crippen molar-refractivity contribution in [1.29, 1.82) is 0 Å². The molecular formula is C21H26I32N3-5. The van der Waals surface area contributed by atoms with E-state index in [2.05, 4.69) is 399 Å². The SMILES string of the molecule is CC(C)N1C([I-]I)([I-]I)C(I(I)I)(I(I)[I-]I)N(C2=NC(C)(C)C(C)(C)c3ccccc32)C(I(I)I(I)I(I)I)(I(I)I(I)I(I)[I-]I)C1(C)I(I)I(I)[I-]I. The van der Waals surface area contributed by atoms with Crippen molar-refractivity contribution >= 4 is 421 Å². The summed E-state index contributed by atoms with van der Waals surface area (Å²) in [7, 11) is -5.64. The molecule has 1 fully saturated rings. The Hall–Kier alpha value is 22.0. The Labute approximate surface area is 593 Å². The Balaban J connectivity index is 3.10. The van der Waals surface area contributed by atoms with Gasteiger partial charge in [-0.05, 0) is 0 Å². The molecule has 1 aromatic carbocycles. The van der Waals surface area contributed by atoms with Gasteiger partial charge in [0.25, 0.3) is 0 Å². The summed E-state index contributed by atoms with van der Waals surface area (Å²) >= 11 is 47.4. The predicted molar refractivity (Wildman–Crippen MR) is 474 cm³/mol. The van der Waals surface area contributed by atoms with E-state index >= 15 is 0 Å². The van der Waals surface area contributed by atoms with E-state index in [1.165, 1.54) is 0 Å². The van der Waals surface area contributed by atoms with Crippen LogP contribution in [0.25, 0.3) is 0 Å². The molecule has 0 N–H and O–H groups in total. The molecule has 3 rings (SSSR count). The van der Waals surface area contributed by atoms with E-state index in [0.29, 0.717) is 27.5 Å². The summed E-state index contributed by atoms with van der Waals surface area (Å²) in [5.41, 5.74) is 2.99. The predicted octanol–water partition coefficient (Wildman–Crippen LogP) is 12.0. The van der Waals surface area contributed by atoms with E-state index in [-0.39, 0.29) is 71.9 Å². The van der Waals surface area contributed by atoms with E-state index in [9.17, 15) is 0 Å². The van der Waals surface area contributed by atoms with Crippen LogP contribution in [-0.4, -0.2) is 35.4 Å². The van der Waals surface area contributed by atoms with E-state index in [4.69, 9.17) is 4.99 Å². The molecule has 1 aromatic rings. The fourth-order valence-corrected chi connectivity index (χ4v) is 1320. The van der Waals surface area contributed by atoms with Crippen LogP contribution in [0.3, 0.4) is 0 Å². The van der Waals surface area contributed by atoms with Gasteiger partial charge in [0.1, 0.15) is 0 Å². The van der Waals surface area contributed by atoms with E-state index < -0.39 is 98.8 Å². The van der Waals surface area contributed by atoms with Crippen molar-refractivity contribution in [3.63, 3.8) is 0 Å². The Morgan fingerprint density at radius 1 is 0.643 bits per heavy atom. The van der Waals surface area contributed by atoms with Gasteiger partial charge in [-0.1, -0.05) is 0 Å². The number of benzene rings is 1. The standard InChI is InChI=1S/C21H26I32N3/c1-12(2)55-18(7,46(30)50(35)42-25)20(47(31)52(37)49(33)34,48(32)53(38)51(36)43-26)56(21(44(27)28,45(29)41-24)19(55,39-22)40-23)15-13-10-8-9-11-14(13)16(3,4)17(5,6)54-15/h8-12H,1-7H3/q-5. The van der Waals surface area contributed by atoms with Crippen LogP contribution in [0.15, 0.2) is 29.3 Å². The Morgan fingerprint density at radius 2 is 1.14 bits per heavy atom. The molecule has 35 heteroatoms. The number of nitrogens with zero attached hydrogens (tertiary/aromatic N) is 3. The minimum absolute atomic E-state index is 0.0181. The molecule has 1 saturated heterocycles. The molecule has 0 radical (unpaired) electrons. The van der Waals surface area contributed by atoms with Gasteiger partial charge in [0, 0.05) is 0 Å². The first-order valence-corrected chi connectivity index (χ1v) is 178. The number of fused-ring (bicyclic) bond motifs is 1. The molecule has 2 aliphatic heterocycles. The molecule has 2 aliphatic rings. The number of rotatable bonds is 16. The second-order valence-electron chi connectivity index (χ2n) is 11.6. The molecule has 56 heavy (non-hydrogen) atoms. The number of aliphatic imine (C=N–C) groups is 1. The van der Waals surface area contributed by atoms with E-state index in [1.54, 1.807) is 17.0 Å². The van der Waals surface area contributed by atoms with Crippen molar-refractivity contribution in [2.75, 3.05) is 0 Å². The van der Waals surface area contributed by atoms with Gasteiger partial charge in [-0.15, -0.1) is 0 Å². The van der Waals surface area contributed by atoms with Gasteiger partial charge in [-0.3, -0.25) is 0 Å². The third-order valence-corrected chi connectivity index (χ3v) is 989. The number of hydrogen-bond acceptors (Lipinski definition) is 3. The summed E-state index contributed by atoms with van der Waals surface area (Å²) in [5, 5.41) is 0. The molecule has 2 heterocycles. The quantitative estimate of drug-likeness (QED) is 0.0933. The van der Waals surface area contributed by atoms with Gasteiger partial charge in [0.15, 0.2) is 0 Å². The van der Waals surface area contributed by atoms with Crippen LogP contribution in [0.4, 0.5) is 0 Å². The number of hydrogen-bond donors (Lipinski definition) is 0. The molecule has 0 bridgehead atoms. The van der Waals surface area contributed by atoms with Crippen molar-refractivity contribution < 1.29 is 74.2 Å². The fraction of sp³-hybridized carbons (Fsp3) is 0.667. The Morgan fingerprint density at radius 3 is 1.57 bits per heavy atom. The van der Waals surface area contributed by atoms with Crippen molar-refractivity contribution in [3.05, 3.63) is 35.4 Å². The number of halogens is 32. The average Bonchev–Trinajstić information content (AvgIpc) is 3.15. The number of alkyl halides is 7. The van der Waals surface area contributed by atoms with Gasteiger partial charge in [-0.25, -0.2) is 0 Å². The average molecular weight is 4380 g/mol. The first kappa shape index (κ1) is 72.3. The summed E-state index contributed by atoms with van der Waals surface area (Å²) in [6, 6.07) is 10.6. The molecule has 0 saturated carbocycles. The van der Waals surface area contributed by atoms with Crippen molar-refractivity contribution in [2.24, 2.45) is 4.99 Å². The Kier molecular flexibility index (Phi) is 42.7. The van der Waals surface area contributed by atoms with Crippen LogP contribution in [0.5, 0.6) is 0 Å². The van der Waals surface area contributed by atoms with Crippen LogP contribution in [-0.2, 0) is 5.41 Å². The van der Waals surface area contributed by atoms with Crippen LogP contribution < -0.4 is 74.2 Å². The zero-order valence-electron chi connectivity index (χ0n) is 27.8. The van der Waals surface area contributed by atoms with Crippen molar-refractivity contribution in [3.8, 4) is 0 Å². The first-order chi connectivity index (χ1) is 25.8. The number of piperazine rings is 1. The first-order valence-electron chi connectivity index (χ1n) is 13.4. The molecule has 0 aliphatic carbocycles. The second kappa shape index (κ2) is 33.1. The normalized spacial score (nSPS) is 28.8. The van der Waals surface area contributed by atoms with Gasteiger partial charge in [-0.2, -0.15) is 0 Å². The molecule has 3 nitrogen and oxygen atoms in total. The van der Waals surface area contributed by atoms with Gasteiger partial charge < -0.3 is 0 Å². The van der Waals surface area contributed by atoms with Gasteiger partial charge >= 0.3 is 619 Å². The molecule has 0 aromatic heterocycles. The van der Waals surface area contributed by atoms with Crippen LogP contribution in [0.2, 0.25) is 0 Å².